The number of nitrogens with one attached hydrogen (secondary N) is 1. The van der Waals surface area contributed by atoms with E-state index in [1.54, 1.807) is 6.07 Å². The van der Waals surface area contributed by atoms with Crippen LogP contribution in [-0.2, 0) is 4.79 Å². The number of carbonyl (C=O) groups excluding carboxylic acids is 1. The summed E-state index contributed by atoms with van der Waals surface area (Å²) < 4.78 is 0.778. The van der Waals surface area contributed by atoms with Gasteiger partial charge in [0, 0.05) is 30.0 Å². The lowest BCUT2D eigenvalue weighted by atomic mass is 9.96. The minimum atomic E-state index is 0.0540. The van der Waals surface area contributed by atoms with Gasteiger partial charge < -0.3 is 10.2 Å². The van der Waals surface area contributed by atoms with E-state index in [9.17, 15) is 4.79 Å². The quantitative estimate of drug-likeness (QED) is 0.896. The summed E-state index contributed by atoms with van der Waals surface area (Å²) in [6.07, 6.45) is 1.62. The summed E-state index contributed by atoms with van der Waals surface area (Å²) in [7, 11) is 0. The summed E-state index contributed by atoms with van der Waals surface area (Å²) in [4.78, 5) is 14.1. The Balaban J connectivity index is 1.84. The zero-order valence-electron chi connectivity index (χ0n) is 11.0. The normalized spacial score (nSPS) is 16.0. The predicted octanol–water partition coefficient (Wildman–Crippen LogP) is 2.37. The van der Waals surface area contributed by atoms with Crippen molar-refractivity contribution in [2.75, 3.05) is 24.5 Å². The second-order valence-electron chi connectivity index (χ2n) is 4.71. The topological polar surface area (TPSA) is 58.1 Å². The Hall–Kier alpha value is -1.14. The zero-order valence-corrected chi connectivity index (χ0v) is 13.3. The van der Waals surface area contributed by atoms with Gasteiger partial charge in [0.1, 0.15) is 0 Å². The van der Waals surface area contributed by atoms with Crippen molar-refractivity contribution < 1.29 is 4.79 Å². The van der Waals surface area contributed by atoms with Gasteiger partial charge in [-0.25, -0.2) is 0 Å². The summed E-state index contributed by atoms with van der Waals surface area (Å²) in [5, 5.41) is 11.1. The molecule has 2 rings (SSSR count). The summed E-state index contributed by atoms with van der Waals surface area (Å²) in [6, 6.07) is 3.58. The molecule has 2 heterocycles. The number of amides is 1. The molecule has 7 heteroatoms. The van der Waals surface area contributed by atoms with Crippen molar-refractivity contribution in [1.29, 1.82) is 0 Å². The second-order valence-corrected chi connectivity index (χ2v) is 6.22. The van der Waals surface area contributed by atoms with Crippen molar-refractivity contribution >= 4 is 39.3 Å². The first-order valence-corrected chi connectivity index (χ1v) is 7.58. The predicted molar refractivity (Wildman–Crippen MR) is 83.1 cm³/mol. The molecular formula is C13H16BrClN4O. The van der Waals surface area contributed by atoms with E-state index in [0.29, 0.717) is 11.7 Å². The molecule has 0 radical (unpaired) electrons. The van der Waals surface area contributed by atoms with Gasteiger partial charge in [0.25, 0.3) is 0 Å². The summed E-state index contributed by atoms with van der Waals surface area (Å²) >= 11 is 8.95. The molecule has 0 aromatic carbocycles. The van der Waals surface area contributed by atoms with E-state index >= 15 is 0 Å². The summed E-state index contributed by atoms with van der Waals surface area (Å²) in [5.41, 5.74) is 0. The van der Waals surface area contributed by atoms with E-state index < -0.39 is 0 Å². The third kappa shape index (κ3) is 4.18. The van der Waals surface area contributed by atoms with Crippen LogP contribution in [0, 0.1) is 5.92 Å². The molecular weight excluding hydrogens is 344 g/mol. The fraction of sp³-hybridized carbons (Fsp3) is 0.462. The average Bonchev–Trinajstić information content (AvgIpc) is 2.46. The van der Waals surface area contributed by atoms with Crippen LogP contribution in [0.25, 0.3) is 0 Å². The lowest BCUT2D eigenvalue weighted by molar-refractivity contribution is -0.125. The standard InChI is InChI=1S/C13H16BrClN4O/c1-9(14)8-16-13(20)10-4-6-19(7-5-10)12-3-2-11(15)17-18-12/h2-3,10H,1,4-8H2,(H,16,20). The molecule has 0 bridgehead atoms. The van der Waals surface area contributed by atoms with Gasteiger partial charge in [-0.1, -0.05) is 34.1 Å². The molecule has 0 aliphatic carbocycles. The maximum atomic E-state index is 12.0. The molecule has 1 amide bonds. The molecule has 1 aromatic rings. The Bertz CT molecular complexity index is 486. The largest absolute Gasteiger partial charge is 0.355 e. The number of halogens is 2. The highest BCUT2D eigenvalue weighted by Crippen LogP contribution is 2.22. The van der Waals surface area contributed by atoms with Crippen LogP contribution >= 0.6 is 27.5 Å². The maximum absolute atomic E-state index is 12.0. The number of hydrogen-bond acceptors (Lipinski definition) is 4. The fourth-order valence-electron chi connectivity index (χ4n) is 2.18. The molecule has 108 valence electrons. The highest BCUT2D eigenvalue weighted by molar-refractivity contribution is 9.11. The highest BCUT2D eigenvalue weighted by Gasteiger charge is 2.25. The number of anilines is 1. The van der Waals surface area contributed by atoms with Gasteiger partial charge in [0.05, 0.1) is 0 Å². The highest BCUT2D eigenvalue weighted by atomic mass is 79.9. The maximum Gasteiger partial charge on any atom is 0.223 e. The van der Waals surface area contributed by atoms with Crippen LogP contribution in [0.2, 0.25) is 5.15 Å². The molecule has 1 saturated heterocycles. The molecule has 0 atom stereocenters. The molecule has 20 heavy (non-hydrogen) atoms. The van der Waals surface area contributed by atoms with Crippen molar-refractivity contribution in [3.63, 3.8) is 0 Å². The average molecular weight is 360 g/mol. The van der Waals surface area contributed by atoms with Gasteiger partial charge in [0.15, 0.2) is 11.0 Å². The number of nitrogens with zero attached hydrogens (tertiary/aromatic N) is 3. The second kappa shape index (κ2) is 7.04. The summed E-state index contributed by atoms with van der Waals surface area (Å²) in [6.45, 7) is 5.76. The van der Waals surface area contributed by atoms with Crippen molar-refractivity contribution in [2.24, 2.45) is 5.92 Å². The zero-order chi connectivity index (χ0) is 14.5. The Morgan fingerprint density at radius 2 is 2.15 bits per heavy atom. The van der Waals surface area contributed by atoms with Gasteiger partial charge in [-0.05, 0) is 25.0 Å². The van der Waals surface area contributed by atoms with E-state index in [2.05, 4.69) is 42.9 Å². The molecule has 1 aliphatic rings. The van der Waals surface area contributed by atoms with Crippen LogP contribution in [-0.4, -0.2) is 35.7 Å². The van der Waals surface area contributed by atoms with Gasteiger partial charge in [-0.2, -0.15) is 0 Å². The van der Waals surface area contributed by atoms with Gasteiger partial charge in [-0.15, -0.1) is 10.2 Å². The third-order valence-corrected chi connectivity index (χ3v) is 3.74. The number of carbonyl (C=O) groups is 1. The number of rotatable bonds is 4. The van der Waals surface area contributed by atoms with E-state index in [0.717, 1.165) is 36.2 Å². The monoisotopic (exact) mass is 358 g/mol. The minimum Gasteiger partial charge on any atom is -0.355 e. The first-order chi connectivity index (χ1) is 9.56. The van der Waals surface area contributed by atoms with Crippen molar-refractivity contribution in [1.82, 2.24) is 15.5 Å². The Kier molecular flexibility index (Phi) is 5.37. The van der Waals surface area contributed by atoms with Gasteiger partial charge in [-0.3, -0.25) is 4.79 Å². The van der Waals surface area contributed by atoms with Gasteiger partial charge >= 0.3 is 0 Å². The number of aromatic nitrogens is 2. The van der Waals surface area contributed by atoms with E-state index in [-0.39, 0.29) is 11.8 Å². The Labute approximate surface area is 131 Å². The molecule has 1 aliphatic heterocycles. The SMILES string of the molecule is C=C(Br)CNC(=O)C1CCN(c2ccc(Cl)nn2)CC1. The molecule has 5 nitrogen and oxygen atoms in total. The molecule has 1 aromatic heterocycles. The van der Waals surface area contributed by atoms with E-state index in [1.165, 1.54) is 0 Å². The van der Waals surface area contributed by atoms with Crippen LogP contribution in [0.1, 0.15) is 12.8 Å². The molecule has 1 fully saturated rings. The minimum absolute atomic E-state index is 0.0540. The van der Waals surface area contributed by atoms with Gasteiger partial charge in [0.2, 0.25) is 5.91 Å². The first-order valence-electron chi connectivity index (χ1n) is 6.41. The van der Waals surface area contributed by atoms with Crippen LogP contribution < -0.4 is 10.2 Å². The van der Waals surface area contributed by atoms with Crippen molar-refractivity contribution in [3.05, 3.63) is 28.3 Å². The lowest BCUT2D eigenvalue weighted by Crippen LogP contribution is -2.41. The van der Waals surface area contributed by atoms with Crippen LogP contribution in [0.5, 0.6) is 0 Å². The Morgan fingerprint density at radius 3 is 2.70 bits per heavy atom. The number of piperidine rings is 1. The van der Waals surface area contributed by atoms with Crippen LogP contribution in [0.3, 0.4) is 0 Å². The fourth-order valence-corrected chi connectivity index (χ4v) is 2.42. The number of hydrogen-bond donors (Lipinski definition) is 1. The molecule has 0 spiro atoms. The lowest BCUT2D eigenvalue weighted by Gasteiger charge is -2.31. The first kappa shape index (κ1) is 15.3. The van der Waals surface area contributed by atoms with Crippen molar-refractivity contribution in [2.45, 2.75) is 12.8 Å². The van der Waals surface area contributed by atoms with Crippen molar-refractivity contribution in [3.8, 4) is 0 Å². The molecule has 0 unspecified atom stereocenters. The molecule has 1 N–H and O–H groups in total. The molecule has 0 saturated carbocycles. The van der Waals surface area contributed by atoms with Crippen LogP contribution in [0.4, 0.5) is 5.82 Å². The van der Waals surface area contributed by atoms with E-state index in [1.807, 2.05) is 6.07 Å². The third-order valence-electron chi connectivity index (χ3n) is 3.26. The van der Waals surface area contributed by atoms with E-state index in [4.69, 9.17) is 11.6 Å². The smallest absolute Gasteiger partial charge is 0.223 e. The summed E-state index contributed by atoms with van der Waals surface area (Å²) in [5.74, 6) is 0.952. The van der Waals surface area contributed by atoms with Crippen LogP contribution in [0.15, 0.2) is 23.2 Å². The Morgan fingerprint density at radius 1 is 1.45 bits per heavy atom.